The van der Waals surface area contributed by atoms with Gasteiger partial charge in [0.1, 0.15) is 0 Å². The van der Waals surface area contributed by atoms with Gasteiger partial charge < -0.3 is 4.57 Å². The van der Waals surface area contributed by atoms with Crippen molar-refractivity contribution in [2.45, 2.75) is 13.5 Å². The summed E-state index contributed by atoms with van der Waals surface area (Å²) in [5.74, 6) is -0.348. The summed E-state index contributed by atoms with van der Waals surface area (Å²) in [7, 11) is 0. The Bertz CT molecular complexity index is 1240. The lowest BCUT2D eigenvalue weighted by molar-refractivity contribution is -0.384. The maximum absolute atomic E-state index is 12.4. The van der Waals surface area contributed by atoms with Gasteiger partial charge in [-0.1, -0.05) is 18.2 Å². The van der Waals surface area contributed by atoms with Crippen LogP contribution < -0.4 is 5.43 Å². The SMILES string of the molecule is CCn1cc(C=NNC(=O)c2cc3cc([N+](=O)[O-])ccc3s2)c2ccccc21. The van der Waals surface area contributed by atoms with E-state index < -0.39 is 4.92 Å². The molecule has 4 rings (SSSR count). The molecule has 0 unspecified atom stereocenters. The fourth-order valence-electron chi connectivity index (χ4n) is 3.11. The molecule has 2 aromatic carbocycles. The lowest BCUT2D eigenvalue weighted by atomic mass is 10.2. The molecule has 0 saturated carbocycles. The number of nitro groups is 1. The first kappa shape index (κ1) is 17.9. The molecule has 0 saturated heterocycles. The summed E-state index contributed by atoms with van der Waals surface area (Å²) < 4.78 is 2.93. The molecular weight excluding hydrogens is 376 g/mol. The Morgan fingerprint density at radius 2 is 2.11 bits per heavy atom. The van der Waals surface area contributed by atoms with Gasteiger partial charge in [-0.05, 0) is 25.1 Å². The highest BCUT2D eigenvalue weighted by atomic mass is 32.1. The fraction of sp³-hybridized carbons (Fsp3) is 0.100. The van der Waals surface area contributed by atoms with Gasteiger partial charge in [-0.15, -0.1) is 11.3 Å². The highest BCUT2D eigenvalue weighted by Crippen LogP contribution is 2.29. The molecule has 28 heavy (non-hydrogen) atoms. The smallest absolute Gasteiger partial charge is 0.281 e. The van der Waals surface area contributed by atoms with Gasteiger partial charge in [0.05, 0.1) is 16.0 Å². The number of thiophene rings is 1. The number of non-ortho nitro benzene ring substituents is 1. The zero-order chi connectivity index (χ0) is 19.7. The Labute approximate surface area is 164 Å². The molecule has 0 fully saturated rings. The molecule has 2 aromatic heterocycles. The third-order valence-electron chi connectivity index (χ3n) is 4.46. The Hall–Kier alpha value is -3.52. The van der Waals surface area contributed by atoms with Crippen LogP contribution in [0.3, 0.4) is 0 Å². The number of rotatable bonds is 5. The number of hydrogen-bond acceptors (Lipinski definition) is 5. The summed E-state index contributed by atoms with van der Waals surface area (Å²) in [5, 5.41) is 16.7. The van der Waals surface area contributed by atoms with E-state index in [1.54, 1.807) is 18.3 Å². The fourth-order valence-corrected chi connectivity index (χ4v) is 4.04. The molecule has 1 N–H and O–H groups in total. The maximum atomic E-state index is 12.4. The molecule has 4 aromatic rings. The number of benzene rings is 2. The molecule has 8 heteroatoms. The Balaban J connectivity index is 1.54. The molecule has 0 radical (unpaired) electrons. The van der Waals surface area contributed by atoms with E-state index >= 15 is 0 Å². The van der Waals surface area contributed by atoms with Crippen LogP contribution in [-0.2, 0) is 6.54 Å². The molecule has 1 amide bonds. The predicted molar refractivity (Wildman–Crippen MR) is 111 cm³/mol. The normalized spacial score (nSPS) is 11.5. The van der Waals surface area contributed by atoms with Crippen molar-refractivity contribution in [2.75, 3.05) is 0 Å². The van der Waals surface area contributed by atoms with Crippen molar-refractivity contribution in [3.05, 3.63) is 75.3 Å². The second kappa shape index (κ2) is 7.24. The first-order valence-electron chi connectivity index (χ1n) is 8.66. The van der Waals surface area contributed by atoms with E-state index in [0.29, 0.717) is 10.3 Å². The Morgan fingerprint density at radius 3 is 2.89 bits per heavy atom. The summed E-state index contributed by atoms with van der Waals surface area (Å²) in [5.41, 5.74) is 4.57. The number of hydrogen-bond donors (Lipinski definition) is 1. The predicted octanol–water partition coefficient (Wildman–Crippen LogP) is 4.55. The van der Waals surface area contributed by atoms with Crippen molar-refractivity contribution in [1.82, 2.24) is 9.99 Å². The first-order chi connectivity index (χ1) is 13.6. The molecule has 0 spiro atoms. The number of para-hydroxylation sites is 1. The molecule has 0 atom stereocenters. The van der Waals surface area contributed by atoms with Crippen LogP contribution in [0.2, 0.25) is 0 Å². The van der Waals surface area contributed by atoms with E-state index in [4.69, 9.17) is 0 Å². The van der Waals surface area contributed by atoms with Gasteiger partial charge in [0.2, 0.25) is 0 Å². The first-order valence-corrected chi connectivity index (χ1v) is 9.47. The van der Waals surface area contributed by atoms with Gasteiger partial charge in [0.15, 0.2) is 0 Å². The van der Waals surface area contributed by atoms with Crippen LogP contribution in [0.5, 0.6) is 0 Å². The highest BCUT2D eigenvalue weighted by Gasteiger charge is 2.13. The van der Waals surface area contributed by atoms with Crippen LogP contribution in [-0.4, -0.2) is 21.6 Å². The number of nitrogens with one attached hydrogen (secondary N) is 1. The van der Waals surface area contributed by atoms with Gasteiger partial charge in [-0.2, -0.15) is 5.10 Å². The van der Waals surface area contributed by atoms with E-state index in [0.717, 1.165) is 27.7 Å². The monoisotopic (exact) mass is 392 g/mol. The van der Waals surface area contributed by atoms with Gasteiger partial charge in [-0.3, -0.25) is 14.9 Å². The largest absolute Gasteiger partial charge is 0.347 e. The summed E-state index contributed by atoms with van der Waals surface area (Å²) in [4.78, 5) is 23.3. The third-order valence-corrected chi connectivity index (χ3v) is 5.58. The van der Waals surface area contributed by atoms with Crippen LogP contribution in [0.4, 0.5) is 5.69 Å². The minimum Gasteiger partial charge on any atom is -0.347 e. The van der Waals surface area contributed by atoms with E-state index in [2.05, 4.69) is 22.0 Å². The van der Waals surface area contributed by atoms with Crippen molar-refractivity contribution in [3.8, 4) is 0 Å². The van der Waals surface area contributed by atoms with Gasteiger partial charge >= 0.3 is 0 Å². The van der Waals surface area contributed by atoms with Gasteiger partial charge in [0, 0.05) is 51.4 Å². The number of carbonyl (C=O) groups excluding carboxylic acids is 1. The lowest BCUT2D eigenvalue weighted by Crippen LogP contribution is -2.16. The number of nitro benzene ring substituents is 1. The summed E-state index contributed by atoms with van der Waals surface area (Å²) in [6.45, 7) is 2.91. The molecule has 7 nitrogen and oxygen atoms in total. The van der Waals surface area contributed by atoms with Crippen molar-refractivity contribution in [3.63, 3.8) is 0 Å². The molecule has 0 aliphatic heterocycles. The minimum atomic E-state index is -0.450. The quantitative estimate of drug-likeness (QED) is 0.307. The minimum absolute atomic E-state index is 0.00240. The highest BCUT2D eigenvalue weighted by molar-refractivity contribution is 7.20. The zero-order valence-electron chi connectivity index (χ0n) is 15.0. The van der Waals surface area contributed by atoms with E-state index in [9.17, 15) is 14.9 Å². The number of fused-ring (bicyclic) bond motifs is 2. The molecule has 0 bridgehead atoms. The summed E-state index contributed by atoms with van der Waals surface area (Å²) >= 11 is 1.27. The number of amides is 1. The van der Waals surface area contributed by atoms with E-state index in [-0.39, 0.29) is 11.6 Å². The second-order valence-electron chi connectivity index (χ2n) is 6.18. The van der Waals surface area contributed by atoms with Crippen molar-refractivity contribution in [1.29, 1.82) is 0 Å². The van der Waals surface area contributed by atoms with Gasteiger partial charge in [-0.25, -0.2) is 5.43 Å². The Kier molecular flexibility index (Phi) is 4.62. The zero-order valence-corrected chi connectivity index (χ0v) is 15.8. The van der Waals surface area contributed by atoms with Crippen LogP contribution in [0.25, 0.3) is 21.0 Å². The average Bonchev–Trinajstić information content (AvgIpc) is 3.29. The third kappa shape index (κ3) is 3.25. The van der Waals surface area contributed by atoms with E-state index in [1.807, 2.05) is 30.5 Å². The van der Waals surface area contributed by atoms with Crippen molar-refractivity contribution in [2.24, 2.45) is 5.10 Å². The standard InChI is InChI=1S/C20H16N4O3S/c1-2-23-12-14(16-5-3-4-6-17(16)23)11-21-22-20(25)19-10-13-9-15(24(26)27)7-8-18(13)28-19/h3-12H,2H2,1H3,(H,22,25). The molecule has 140 valence electrons. The summed E-state index contributed by atoms with van der Waals surface area (Å²) in [6.07, 6.45) is 3.63. The number of nitrogens with zero attached hydrogens (tertiary/aromatic N) is 3. The van der Waals surface area contributed by atoms with Crippen molar-refractivity contribution >= 4 is 50.1 Å². The molecule has 0 aliphatic carbocycles. The second-order valence-corrected chi connectivity index (χ2v) is 7.26. The van der Waals surface area contributed by atoms with Crippen LogP contribution in [0.1, 0.15) is 22.2 Å². The lowest BCUT2D eigenvalue weighted by Gasteiger charge is -1.97. The number of aromatic nitrogens is 1. The van der Waals surface area contributed by atoms with Crippen LogP contribution >= 0.6 is 11.3 Å². The summed E-state index contributed by atoms with van der Waals surface area (Å²) in [6, 6.07) is 14.2. The molecule has 0 aliphatic rings. The maximum Gasteiger partial charge on any atom is 0.281 e. The molecule has 2 heterocycles. The number of carbonyl (C=O) groups is 1. The van der Waals surface area contributed by atoms with Crippen LogP contribution in [0.15, 0.2) is 59.8 Å². The molecular formula is C20H16N4O3S. The Morgan fingerprint density at radius 1 is 1.29 bits per heavy atom. The number of hydrazone groups is 1. The van der Waals surface area contributed by atoms with E-state index in [1.165, 1.54) is 23.5 Å². The van der Waals surface area contributed by atoms with Crippen LogP contribution in [0, 0.1) is 10.1 Å². The topological polar surface area (TPSA) is 89.5 Å². The average molecular weight is 392 g/mol. The number of aryl methyl sites for hydroxylation is 1. The van der Waals surface area contributed by atoms with Crippen molar-refractivity contribution < 1.29 is 9.72 Å². The van der Waals surface area contributed by atoms with Gasteiger partial charge in [0.25, 0.3) is 11.6 Å².